The van der Waals surface area contributed by atoms with Gasteiger partial charge in [0.25, 0.3) is 0 Å². The summed E-state index contributed by atoms with van der Waals surface area (Å²) in [5, 5.41) is 9.00. The molecular formula is C33H38N6O4. The third kappa shape index (κ3) is 6.91. The summed E-state index contributed by atoms with van der Waals surface area (Å²) in [5.74, 6) is -0.313. The Morgan fingerprint density at radius 3 is 2.37 bits per heavy atom. The molecule has 1 aliphatic carbocycles. The third-order valence-electron chi connectivity index (χ3n) is 8.22. The number of carbonyl (C=O) groups excluding carboxylic acids is 4. The Bertz CT molecular complexity index is 1520. The fourth-order valence-electron chi connectivity index (χ4n) is 5.94. The fraction of sp³-hybridized carbons (Fsp3) is 0.364. The number of carbonyl (C=O) groups is 4. The molecule has 1 fully saturated rings. The average Bonchev–Trinajstić information content (AvgIpc) is 3.40. The monoisotopic (exact) mass is 582 g/mol. The molecule has 3 N–H and O–H groups in total. The number of nitrogens with one attached hydrogen (secondary N) is 3. The second-order valence-corrected chi connectivity index (χ2v) is 11.7. The summed E-state index contributed by atoms with van der Waals surface area (Å²) < 4.78 is 0. The van der Waals surface area contributed by atoms with Crippen LogP contribution in [0.5, 0.6) is 0 Å². The standard InChI is InChI=1S/C33H38N6O4/c1-22(40)39-20-33(2,21-39)32(43)38(18-25-9-5-4-8-24(25)17-34-3)19-30(41)36-28-12-11-23-14-27(15-26(23)16-28)31(42)37-29-10-6-7-13-35-29/h4-13,16,27,34H,14-15,17-21H2,1-3H3,(H,36,41)(H,35,37,42)/t27-/m1/s1. The van der Waals surface area contributed by atoms with Crippen molar-refractivity contribution >= 4 is 35.1 Å². The largest absolute Gasteiger partial charge is 0.341 e. The van der Waals surface area contributed by atoms with Gasteiger partial charge in [-0.2, -0.15) is 0 Å². The maximum absolute atomic E-state index is 13.8. The van der Waals surface area contributed by atoms with Crippen molar-refractivity contribution in [1.82, 2.24) is 20.1 Å². The molecule has 0 radical (unpaired) electrons. The van der Waals surface area contributed by atoms with Gasteiger partial charge in [0.05, 0.1) is 5.41 Å². The Balaban J connectivity index is 1.26. The van der Waals surface area contributed by atoms with Crippen molar-refractivity contribution in [3.05, 3.63) is 89.1 Å². The van der Waals surface area contributed by atoms with Gasteiger partial charge in [0, 0.05) is 50.9 Å². The van der Waals surface area contributed by atoms with Crippen molar-refractivity contribution in [2.24, 2.45) is 11.3 Å². The predicted molar refractivity (Wildman–Crippen MR) is 164 cm³/mol. The van der Waals surface area contributed by atoms with Crippen LogP contribution in [0.3, 0.4) is 0 Å². The van der Waals surface area contributed by atoms with E-state index in [-0.39, 0.29) is 42.6 Å². The minimum absolute atomic E-state index is 0.0676. The summed E-state index contributed by atoms with van der Waals surface area (Å²) in [6, 6.07) is 18.9. The Labute approximate surface area is 251 Å². The Hall–Kier alpha value is -4.57. The zero-order chi connectivity index (χ0) is 30.6. The number of rotatable bonds is 10. The SMILES string of the molecule is CNCc1ccccc1CN(CC(=O)Nc1ccc2c(c1)C[C@H](C(=O)Nc1ccccn1)C2)C(=O)C1(C)CN(C(C)=O)C1. The lowest BCUT2D eigenvalue weighted by atomic mass is 9.80. The van der Waals surface area contributed by atoms with Crippen molar-refractivity contribution < 1.29 is 19.2 Å². The van der Waals surface area contributed by atoms with Crippen LogP contribution >= 0.6 is 0 Å². The van der Waals surface area contributed by atoms with Crippen LogP contribution < -0.4 is 16.0 Å². The third-order valence-corrected chi connectivity index (χ3v) is 8.22. The number of likely N-dealkylation sites (tertiary alicyclic amines) is 1. The number of hydrogen-bond donors (Lipinski definition) is 3. The van der Waals surface area contributed by atoms with E-state index >= 15 is 0 Å². The Kier molecular flexibility index (Phi) is 8.86. The number of benzene rings is 2. The molecule has 2 aromatic carbocycles. The number of pyridine rings is 1. The molecule has 10 heteroatoms. The van der Waals surface area contributed by atoms with Crippen LogP contribution in [0.2, 0.25) is 0 Å². The van der Waals surface area contributed by atoms with Crippen LogP contribution in [0.25, 0.3) is 0 Å². The van der Waals surface area contributed by atoms with E-state index in [1.165, 1.54) is 6.92 Å². The molecule has 2 aliphatic rings. The van der Waals surface area contributed by atoms with Gasteiger partial charge in [0.1, 0.15) is 12.4 Å². The van der Waals surface area contributed by atoms with E-state index in [4.69, 9.17) is 0 Å². The van der Waals surface area contributed by atoms with Crippen LogP contribution in [0.15, 0.2) is 66.9 Å². The number of hydrogen-bond acceptors (Lipinski definition) is 6. The van der Waals surface area contributed by atoms with E-state index in [0.29, 0.717) is 44.0 Å². The molecule has 4 amide bonds. The maximum atomic E-state index is 13.8. The molecule has 0 spiro atoms. The molecule has 5 rings (SSSR count). The van der Waals surface area contributed by atoms with Crippen LogP contribution in [0, 0.1) is 11.3 Å². The highest BCUT2D eigenvalue weighted by molar-refractivity contribution is 5.96. The van der Waals surface area contributed by atoms with Crippen LogP contribution in [-0.4, -0.2) is 65.1 Å². The van der Waals surface area contributed by atoms with Gasteiger partial charge in [0.15, 0.2) is 0 Å². The zero-order valence-electron chi connectivity index (χ0n) is 24.9. The first kappa shape index (κ1) is 29.9. The molecule has 1 saturated heterocycles. The second kappa shape index (κ2) is 12.7. The first-order valence-corrected chi connectivity index (χ1v) is 14.5. The summed E-state index contributed by atoms with van der Waals surface area (Å²) in [6.07, 6.45) is 2.82. The number of fused-ring (bicyclic) bond motifs is 1. The molecule has 1 atom stereocenters. The molecule has 3 aromatic rings. The van der Waals surface area contributed by atoms with Crippen LogP contribution in [-0.2, 0) is 45.1 Å². The molecule has 0 unspecified atom stereocenters. The highest BCUT2D eigenvalue weighted by Gasteiger charge is 2.48. The minimum Gasteiger partial charge on any atom is -0.341 e. The highest BCUT2D eigenvalue weighted by atomic mass is 16.2. The van der Waals surface area contributed by atoms with Gasteiger partial charge in [-0.25, -0.2) is 4.98 Å². The van der Waals surface area contributed by atoms with Gasteiger partial charge in [-0.05, 0) is 73.3 Å². The van der Waals surface area contributed by atoms with Gasteiger partial charge in [-0.3, -0.25) is 19.2 Å². The lowest BCUT2D eigenvalue weighted by molar-refractivity contribution is -0.159. The molecule has 1 aromatic heterocycles. The summed E-state index contributed by atoms with van der Waals surface area (Å²) in [7, 11) is 1.87. The van der Waals surface area contributed by atoms with Crippen molar-refractivity contribution in [3.8, 4) is 0 Å². The van der Waals surface area contributed by atoms with Gasteiger partial charge in [-0.1, -0.05) is 36.4 Å². The molecule has 43 heavy (non-hydrogen) atoms. The topological polar surface area (TPSA) is 124 Å². The summed E-state index contributed by atoms with van der Waals surface area (Å²) >= 11 is 0. The van der Waals surface area contributed by atoms with Crippen LogP contribution in [0.1, 0.15) is 36.1 Å². The molecule has 224 valence electrons. The highest BCUT2D eigenvalue weighted by Crippen LogP contribution is 2.33. The van der Waals surface area contributed by atoms with E-state index in [0.717, 1.165) is 22.3 Å². The first-order chi connectivity index (χ1) is 20.6. The number of amides is 4. The molecular weight excluding hydrogens is 544 g/mol. The van der Waals surface area contributed by atoms with E-state index in [1.807, 2.05) is 62.5 Å². The van der Waals surface area contributed by atoms with Gasteiger partial charge in [0.2, 0.25) is 23.6 Å². The van der Waals surface area contributed by atoms with E-state index < -0.39 is 5.41 Å². The predicted octanol–water partition coefficient (Wildman–Crippen LogP) is 2.99. The molecule has 10 nitrogen and oxygen atoms in total. The smallest absolute Gasteiger partial charge is 0.244 e. The normalized spacial score (nSPS) is 16.5. The number of nitrogens with zero attached hydrogens (tertiary/aromatic N) is 3. The first-order valence-electron chi connectivity index (χ1n) is 14.5. The van der Waals surface area contributed by atoms with Crippen molar-refractivity contribution in [3.63, 3.8) is 0 Å². The lowest BCUT2D eigenvalue weighted by Gasteiger charge is -2.48. The lowest BCUT2D eigenvalue weighted by Crippen LogP contribution is -2.63. The average molecular weight is 583 g/mol. The van der Waals surface area contributed by atoms with Crippen LogP contribution in [0.4, 0.5) is 11.5 Å². The van der Waals surface area contributed by atoms with E-state index in [2.05, 4.69) is 20.9 Å². The number of anilines is 2. The van der Waals surface area contributed by atoms with Crippen molar-refractivity contribution in [1.29, 1.82) is 0 Å². The molecule has 2 heterocycles. The summed E-state index contributed by atoms with van der Waals surface area (Å²) in [6.45, 7) is 4.78. The maximum Gasteiger partial charge on any atom is 0.244 e. The Morgan fingerprint density at radius 1 is 0.953 bits per heavy atom. The van der Waals surface area contributed by atoms with Crippen molar-refractivity contribution in [2.75, 3.05) is 37.3 Å². The van der Waals surface area contributed by atoms with E-state index in [9.17, 15) is 19.2 Å². The Morgan fingerprint density at radius 2 is 1.67 bits per heavy atom. The molecule has 0 saturated carbocycles. The van der Waals surface area contributed by atoms with E-state index in [1.54, 1.807) is 28.1 Å². The second-order valence-electron chi connectivity index (χ2n) is 11.7. The van der Waals surface area contributed by atoms with Gasteiger partial charge >= 0.3 is 0 Å². The summed E-state index contributed by atoms with van der Waals surface area (Å²) in [5.41, 5.74) is 3.96. The summed E-state index contributed by atoms with van der Waals surface area (Å²) in [4.78, 5) is 59.2. The van der Waals surface area contributed by atoms with Crippen molar-refractivity contribution in [2.45, 2.75) is 39.8 Å². The molecule has 0 bridgehead atoms. The minimum atomic E-state index is -0.748. The number of aromatic nitrogens is 1. The van der Waals surface area contributed by atoms with Gasteiger partial charge in [-0.15, -0.1) is 0 Å². The fourth-order valence-corrected chi connectivity index (χ4v) is 5.94. The quantitative estimate of drug-likeness (QED) is 0.338. The zero-order valence-corrected chi connectivity index (χ0v) is 24.9. The van der Waals surface area contributed by atoms with Gasteiger partial charge < -0.3 is 25.8 Å². The molecule has 1 aliphatic heterocycles.